The molecule has 0 heterocycles. The number of unbranched alkanes of at least 4 members (excludes halogenated alkanes) is 2. The van der Waals surface area contributed by atoms with Crippen LogP contribution < -0.4 is 0 Å². The zero-order chi connectivity index (χ0) is 10.8. The fraction of sp³-hybridized carbons (Fsp3) is 0.700. The molecule has 82 valence electrons. The molecule has 0 aromatic heterocycles. The van der Waals surface area contributed by atoms with Crippen molar-refractivity contribution in [1.29, 1.82) is 0 Å². The van der Waals surface area contributed by atoms with E-state index in [1.807, 2.05) is 0 Å². The maximum atomic E-state index is 10.6. The fourth-order valence-corrected chi connectivity index (χ4v) is 0.989. The van der Waals surface area contributed by atoms with Crippen LogP contribution in [-0.4, -0.2) is 35.5 Å². The summed E-state index contributed by atoms with van der Waals surface area (Å²) in [7, 11) is 0. The van der Waals surface area contributed by atoms with Crippen LogP contribution in [0.5, 0.6) is 0 Å². The van der Waals surface area contributed by atoms with E-state index in [9.17, 15) is 9.90 Å². The Kier molecular flexibility index (Phi) is 8.17. The number of hydrogen-bond acceptors (Lipinski definition) is 4. The van der Waals surface area contributed by atoms with Crippen LogP contribution in [0.4, 0.5) is 0 Å². The number of hydrogen-bond donors (Lipinski definition) is 2. The largest absolute Gasteiger partial charge is 0.460 e. The summed E-state index contributed by atoms with van der Waals surface area (Å²) in [4.78, 5) is 10.6. The zero-order valence-corrected chi connectivity index (χ0v) is 8.32. The van der Waals surface area contributed by atoms with Crippen LogP contribution in [0.3, 0.4) is 0 Å². The average Bonchev–Trinajstić information content (AvgIpc) is 2.21. The normalized spacial score (nSPS) is 12.1. The number of ether oxygens (including phenoxy) is 1. The van der Waals surface area contributed by atoms with Gasteiger partial charge in [-0.15, -0.1) is 0 Å². The Morgan fingerprint density at radius 1 is 1.43 bits per heavy atom. The van der Waals surface area contributed by atoms with E-state index in [0.29, 0.717) is 6.42 Å². The van der Waals surface area contributed by atoms with E-state index in [4.69, 9.17) is 5.11 Å². The summed E-state index contributed by atoms with van der Waals surface area (Å²) in [5, 5.41) is 17.8. The van der Waals surface area contributed by atoms with Gasteiger partial charge < -0.3 is 14.9 Å². The second kappa shape index (κ2) is 8.72. The molecule has 14 heavy (non-hydrogen) atoms. The predicted molar refractivity (Wildman–Crippen MR) is 52.7 cm³/mol. The summed E-state index contributed by atoms with van der Waals surface area (Å²) < 4.78 is 4.65. The van der Waals surface area contributed by atoms with E-state index in [0.717, 1.165) is 25.3 Å². The Hall–Kier alpha value is -0.870. The summed E-state index contributed by atoms with van der Waals surface area (Å²) in [5.74, 6) is -0.514. The quantitative estimate of drug-likeness (QED) is 0.344. The third-order valence-corrected chi connectivity index (χ3v) is 1.78. The van der Waals surface area contributed by atoms with E-state index in [1.54, 1.807) is 0 Å². The highest BCUT2D eigenvalue weighted by atomic mass is 16.5. The molecule has 4 nitrogen and oxygen atoms in total. The van der Waals surface area contributed by atoms with Gasteiger partial charge in [-0.2, -0.15) is 0 Å². The molecule has 0 aliphatic carbocycles. The van der Waals surface area contributed by atoms with Gasteiger partial charge in [0.1, 0.15) is 6.61 Å². The minimum Gasteiger partial charge on any atom is -0.460 e. The summed E-state index contributed by atoms with van der Waals surface area (Å²) in [5.41, 5.74) is 0. The Bertz CT molecular complexity index is 168. The van der Waals surface area contributed by atoms with Crippen molar-refractivity contribution in [3.05, 3.63) is 12.7 Å². The van der Waals surface area contributed by atoms with Crippen LogP contribution in [0, 0.1) is 0 Å². The lowest BCUT2D eigenvalue weighted by molar-refractivity contribution is -0.140. The van der Waals surface area contributed by atoms with E-state index in [1.165, 1.54) is 0 Å². The molecule has 0 saturated carbocycles. The molecule has 0 aliphatic rings. The van der Waals surface area contributed by atoms with Crippen molar-refractivity contribution >= 4 is 5.97 Å². The Labute approximate surface area is 84.2 Å². The molecule has 0 bridgehead atoms. The van der Waals surface area contributed by atoms with Crippen molar-refractivity contribution in [3.8, 4) is 0 Å². The first-order valence-corrected chi connectivity index (χ1v) is 4.78. The Morgan fingerprint density at radius 3 is 2.71 bits per heavy atom. The minimum atomic E-state index is -0.613. The van der Waals surface area contributed by atoms with E-state index >= 15 is 0 Å². The minimum absolute atomic E-state index is 0.0178. The lowest BCUT2D eigenvalue weighted by Gasteiger charge is -2.09. The molecule has 1 atom stereocenters. The summed E-state index contributed by atoms with van der Waals surface area (Å²) in [6, 6.07) is 0. The van der Waals surface area contributed by atoms with Crippen LogP contribution in [0.1, 0.15) is 25.7 Å². The molecule has 0 rings (SSSR count). The molecule has 0 amide bonds. The van der Waals surface area contributed by atoms with Gasteiger partial charge in [-0.3, -0.25) is 0 Å². The van der Waals surface area contributed by atoms with Crippen molar-refractivity contribution < 1.29 is 19.7 Å². The summed E-state index contributed by atoms with van der Waals surface area (Å²) in [6.45, 7) is 3.44. The third kappa shape index (κ3) is 7.76. The van der Waals surface area contributed by atoms with Gasteiger partial charge in [0.05, 0.1) is 6.10 Å². The average molecular weight is 202 g/mol. The topological polar surface area (TPSA) is 66.8 Å². The van der Waals surface area contributed by atoms with E-state index in [-0.39, 0.29) is 13.2 Å². The molecule has 0 aliphatic heterocycles. The number of carbonyl (C=O) groups is 1. The van der Waals surface area contributed by atoms with Gasteiger partial charge in [0.25, 0.3) is 0 Å². The first kappa shape index (κ1) is 13.1. The van der Waals surface area contributed by atoms with Gasteiger partial charge in [-0.25, -0.2) is 4.79 Å². The Balaban J connectivity index is 3.31. The molecular formula is C10H18O4. The standard InChI is InChI=1S/C10H18O4/c1-2-10(13)14-8-9(12)6-4-3-5-7-11/h2,9,11-12H,1,3-8H2. The number of aliphatic hydroxyl groups is 2. The molecule has 0 spiro atoms. The van der Waals surface area contributed by atoms with Crippen molar-refractivity contribution in [2.45, 2.75) is 31.8 Å². The number of esters is 1. The molecule has 0 aromatic rings. The fourth-order valence-electron chi connectivity index (χ4n) is 0.989. The van der Waals surface area contributed by atoms with Crippen molar-refractivity contribution in [2.24, 2.45) is 0 Å². The monoisotopic (exact) mass is 202 g/mol. The first-order chi connectivity index (χ1) is 6.70. The second-order valence-corrected chi connectivity index (χ2v) is 3.06. The highest BCUT2D eigenvalue weighted by Crippen LogP contribution is 2.03. The van der Waals surface area contributed by atoms with Crippen molar-refractivity contribution in [1.82, 2.24) is 0 Å². The molecule has 4 heteroatoms. The van der Waals surface area contributed by atoms with Crippen LogP contribution in [0.25, 0.3) is 0 Å². The summed E-state index contributed by atoms with van der Waals surface area (Å²) >= 11 is 0. The van der Waals surface area contributed by atoms with Crippen LogP contribution >= 0.6 is 0 Å². The molecule has 0 fully saturated rings. The second-order valence-electron chi connectivity index (χ2n) is 3.06. The van der Waals surface area contributed by atoms with Crippen LogP contribution in [0.15, 0.2) is 12.7 Å². The Morgan fingerprint density at radius 2 is 2.14 bits per heavy atom. The van der Waals surface area contributed by atoms with Crippen molar-refractivity contribution in [3.63, 3.8) is 0 Å². The lowest BCUT2D eigenvalue weighted by atomic mass is 10.1. The summed E-state index contributed by atoms with van der Waals surface area (Å²) in [6.07, 6.45) is 3.50. The molecule has 2 N–H and O–H groups in total. The van der Waals surface area contributed by atoms with Gasteiger partial charge in [-0.1, -0.05) is 19.4 Å². The third-order valence-electron chi connectivity index (χ3n) is 1.78. The lowest BCUT2D eigenvalue weighted by Crippen LogP contribution is -2.17. The zero-order valence-electron chi connectivity index (χ0n) is 8.32. The molecule has 0 saturated heterocycles. The predicted octanol–water partition coefficient (Wildman–Crippen LogP) is 0.629. The molecule has 0 aromatic carbocycles. The SMILES string of the molecule is C=CC(=O)OCC(O)CCCCCO. The highest BCUT2D eigenvalue weighted by molar-refractivity contribution is 5.81. The highest BCUT2D eigenvalue weighted by Gasteiger charge is 2.05. The number of aliphatic hydroxyl groups excluding tert-OH is 2. The van der Waals surface area contributed by atoms with Gasteiger partial charge in [0.15, 0.2) is 0 Å². The maximum Gasteiger partial charge on any atom is 0.330 e. The molecule has 0 radical (unpaired) electrons. The maximum absolute atomic E-state index is 10.6. The number of carbonyl (C=O) groups excluding carboxylic acids is 1. The molecule has 1 unspecified atom stereocenters. The number of rotatable bonds is 8. The van der Waals surface area contributed by atoms with E-state index in [2.05, 4.69) is 11.3 Å². The van der Waals surface area contributed by atoms with Crippen LogP contribution in [-0.2, 0) is 9.53 Å². The smallest absolute Gasteiger partial charge is 0.330 e. The van der Waals surface area contributed by atoms with Gasteiger partial charge in [0.2, 0.25) is 0 Å². The van der Waals surface area contributed by atoms with Crippen molar-refractivity contribution in [2.75, 3.05) is 13.2 Å². The van der Waals surface area contributed by atoms with Gasteiger partial charge in [-0.05, 0) is 12.8 Å². The first-order valence-electron chi connectivity index (χ1n) is 4.78. The van der Waals surface area contributed by atoms with E-state index < -0.39 is 12.1 Å². The van der Waals surface area contributed by atoms with Gasteiger partial charge in [0, 0.05) is 12.7 Å². The molecular weight excluding hydrogens is 184 g/mol. The van der Waals surface area contributed by atoms with Crippen LogP contribution in [0.2, 0.25) is 0 Å². The van der Waals surface area contributed by atoms with Gasteiger partial charge >= 0.3 is 5.97 Å².